The van der Waals surface area contributed by atoms with Crippen LogP contribution in [0.3, 0.4) is 0 Å². The van der Waals surface area contributed by atoms with Gasteiger partial charge in [0.2, 0.25) is 6.41 Å². The van der Waals surface area contributed by atoms with Crippen molar-refractivity contribution in [2.24, 2.45) is 0 Å². The molecular weight excluding hydrogens is 565 g/mol. The minimum Gasteiger partial charge on any atom is -0.493 e. The van der Waals surface area contributed by atoms with Crippen LogP contribution in [0.4, 0.5) is 13.2 Å². The van der Waals surface area contributed by atoms with Gasteiger partial charge in [-0.1, -0.05) is 22.0 Å². The van der Waals surface area contributed by atoms with E-state index in [1.165, 1.54) is 13.0 Å². The average Bonchev–Trinajstić information content (AvgIpc) is 3.52. The molecule has 4 atom stereocenters. The minimum absolute atomic E-state index is 0.0419. The molecule has 2 N–H and O–H groups in total. The Morgan fingerprint density at radius 2 is 2.00 bits per heavy atom. The summed E-state index contributed by atoms with van der Waals surface area (Å²) in [6.07, 6.45) is -4.54. The summed E-state index contributed by atoms with van der Waals surface area (Å²) in [5.74, 6) is 0.269. The van der Waals surface area contributed by atoms with E-state index in [4.69, 9.17) is 9.47 Å². The highest BCUT2D eigenvalue weighted by atomic mass is 79.9. The van der Waals surface area contributed by atoms with Gasteiger partial charge in [0.05, 0.1) is 30.8 Å². The van der Waals surface area contributed by atoms with Crippen LogP contribution < -0.4 is 4.74 Å². The second-order valence-electron chi connectivity index (χ2n) is 10.6. The standard InChI is InChI=1S/C28H30BrF3N2O4/c1-27(36,25(30)28(2,26(31)32)21-12-19(29)10-17-5-7-38-24(17)21)13-20-11-18-9-16(3-4-22(18)33-20)23-14-34(15-35)6-8-37-23/h3-4,9-12,15,23,25-26,33,36H,5-8,13-14H2,1-2H3. The maximum absolute atomic E-state index is 16.2. The number of nitrogens with zero attached hydrogens (tertiary/aromatic N) is 1. The van der Waals surface area contributed by atoms with Crippen LogP contribution in [-0.4, -0.2) is 65.9 Å². The van der Waals surface area contributed by atoms with Crippen LogP contribution in [0.25, 0.3) is 10.9 Å². The monoisotopic (exact) mass is 594 g/mol. The molecule has 1 aromatic heterocycles. The fourth-order valence-electron chi connectivity index (χ4n) is 5.63. The first-order chi connectivity index (χ1) is 18.0. The van der Waals surface area contributed by atoms with E-state index in [1.807, 2.05) is 18.2 Å². The molecule has 10 heteroatoms. The number of hydrogen-bond acceptors (Lipinski definition) is 4. The molecule has 204 valence electrons. The number of alkyl halides is 3. The highest BCUT2D eigenvalue weighted by Gasteiger charge is 2.54. The third-order valence-corrected chi connectivity index (χ3v) is 8.18. The number of carbonyl (C=O) groups excluding carboxylic acids is 1. The lowest BCUT2D eigenvalue weighted by Crippen LogP contribution is -2.54. The predicted octanol–water partition coefficient (Wildman–Crippen LogP) is 5.25. The first-order valence-electron chi connectivity index (χ1n) is 12.6. The molecule has 1 amide bonds. The number of halogens is 4. The Morgan fingerprint density at radius 1 is 1.21 bits per heavy atom. The van der Waals surface area contributed by atoms with Gasteiger partial charge in [-0.25, -0.2) is 13.2 Å². The van der Waals surface area contributed by atoms with E-state index in [9.17, 15) is 18.7 Å². The number of hydrogen-bond donors (Lipinski definition) is 2. The SMILES string of the molecule is CC(O)(Cc1cc2cc(C3CN(C=O)CCO3)ccc2[nH]1)C(F)C(C)(c1cc(Br)cc2c1OCC2)C(F)F. The number of morpholine rings is 1. The van der Waals surface area contributed by atoms with Gasteiger partial charge in [0.25, 0.3) is 6.43 Å². The van der Waals surface area contributed by atoms with Crippen LogP contribution >= 0.6 is 15.9 Å². The van der Waals surface area contributed by atoms with E-state index in [2.05, 4.69) is 20.9 Å². The van der Waals surface area contributed by atoms with E-state index in [0.717, 1.165) is 35.4 Å². The Balaban J connectivity index is 1.42. The van der Waals surface area contributed by atoms with Crippen molar-refractivity contribution in [3.05, 3.63) is 63.3 Å². The molecule has 5 rings (SSSR count). The fourth-order valence-corrected chi connectivity index (χ4v) is 6.13. The zero-order valence-electron chi connectivity index (χ0n) is 21.1. The normalized spacial score (nSPS) is 21.6. The number of benzene rings is 2. The van der Waals surface area contributed by atoms with Gasteiger partial charge in [0.1, 0.15) is 18.0 Å². The smallest absolute Gasteiger partial charge is 0.250 e. The summed E-state index contributed by atoms with van der Waals surface area (Å²) >= 11 is 3.35. The summed E-state index contributed by atoms with van der Waals surface area (Å²) < 4.78 is 57.6. The van der Waals surface area contributed by atoms with Crippen molar-refractivity contribution >= 4 is 33.2 Å². The van der Waals surface area contributed by atoms with E-state index in [-0.39, 0.29) is 23.8 Å². The Bertz CT molecular complexity index is 1350. The number of ether oxygens (including phenoxy) is 2. The van der Waals surface area contributed by atoms with Crippen LogP contribution in [0, 0.1) is 0 Å². The zero-order chi connectivity index (χ0) is 27.2. The van der Waals surface area contributed by atoms with Crippen molar-refractivity contribution in [2.75, 3.05) is 26.3 Å². The van der Waals surface area contributed by atoms with Crippen LogP contribution in [0.1, 0.15) is 42.3 Å². The van der Waals surface area contributed by atoms with Gasteiger partial charge in [-0.3, -0.25) is 4.79 Å². The van der Waals surface area contributed by atoms with Gasteiger partial charge >= 0.3 is 0 Å². The summed E-state index contributed by atoms with van der Waals surface area (Å²) in [5, 5.41) is 12.1. The average molecular weight is 595 g/mol. The number of aliphatic hydroxyl groups is 1. The van der Waals surface area contributed by atoms with Crippen molar-refractivity contribution in [3.8, 4) is 5.75 Å². The number of carbonyl (C=O) groups is 1. The second-order valence-corrected chi connectivity index (χ2v) is 11.5. The van der Waals surface area contributed by atoms with Crippen molar-refractivity contribution in [2.45, 2.75) is 56.4 Å². The van der Waals surface area contributed by atoms with E-state index >= 15 is 4.39 Å². The highest BCUT2D eigenvalue weighted by molar-refractivity contribution is 9.10. The maximum Gasteiger partial charge on any atom is 0.250 e. The quantitative estimate of drug-likeness (QED) is 0.349. The molecule has 3 aromatic rings. The molecule has 0 saturated carbocycles. The number of fused-ring (bicyclic) bond motifs is 2. The largest absolute Gasteiger partial charge is 0.493 e. The van der Waals surface area contributed by atoms with Crippen LogP contribution in [0.2, 0.25) is 0 Å². The number of nitrogens with one attached hydrogen (secondary N) is 1. The molecule has 0 bridgehead atoms. The lowest BCUT2D eigenvalue weighted by atomic mass is 9.70. The van der Waals surface area contributed by atoms with Gasteiger partial charge in [-0.2, -0.15) is 0 Å². The molecule has 6 nitrogen and oxygen atoms in total. The maximum atomic E-state index is 16.2. The molecule has 0 spiro atoms. The number of H-pyrrole nitrogens is 1. The molecule has 1 fully saturated rings. The first kappa shape index (κ1) is 27.0. The van der Waals surface area contributed by atoms with E-state index in [0.29, 0.717) is 42.9 Å². The number of rotatable bonds is 8. The minimum atomic E-state index is -3.10. The topological polar surface area (TPSA) is 74.8 Å². The van der Waals surface area contributed by atoms with Crippen LogP contribution in [0.5, 0.6) is 5.75 Å². The summed E-state index contributed by atoms with van der Waals surface area (Å²) in [5.41, 5.74) is -1.51. The van der Waals surface area contributed by atoms with Crippen molar-refractivity contribution in [1.29, 1.82) is 0 Å². The molecule has 0 radical (unpaired) electrons. The molecule has 3 heterocycles. The molecule has 2 aliphatic heterocycles. The Morgan fingerprint density at radius 3 is 2.74 bits per heavy atom. The van der Waals surface area contributed by atoms with Gasteiger partial charge in [-0.15, -0.1) is 0 Å². The van der Waals surface area contributed by atoms with Crippen molar-refractivity contribution in [1.82, 2.24) is 9.88 Å². The zero-order valence-corrected chi connectivity index (χ0v) is 22.7. The fraction of sp³-hybridized carbons (Fsp3) is 0.464. The lowest BCUT2D eigenvalue weighted by molar-refractivity contribution is -0.125. The summed E-state index contributed by atoms with van der Waals surface area (Å²) in [6, 6.07) is 10.7. The lowest BCUT2D eigenvalue weighted by Gasteiger charge is -2.40. The number of amides is 1. The molecular formula is C28H30BrF3N2O4. The number of aromatic nitrogens is 1. The predicted molar refractivity (Wildman–Crippen MR) is 141 cm³/mol. The highest BCUT2D eigenvalue weighted by Crippen LogP contribution is 2.48. The summed E-state index contributed by atoms with van der Waals surface area (Å²) in [6.45, 7) is 4.16. The van der Waals surface area contributed by atoms with Gasteiger partial charge in [0, 0.05) is 46.0 Å². The third kappa shape index (κ3) is 4.82. The van der Waals surface area contributed by atoms with Crippen LogP contribution in [-0.2, 0) is 27.8 Å². The molecule has 2 aliphatic rings. The first-order valence-corrected chi connectivity index (χ1v) is 13.3. The van der Waals surface area contributed by atoms with E-state index < -0.39 is 23.6 Å². The molecule has 0 aliphatic carbocycles. The molecule has 1 saturated heterocycles. The van der Waals surface area contributed by atoms with Gasteiger partial charge < -0.3 is 24.5 Å². The summed E-state index contributed by atoms with van der Waals surface area (Å²) in [4.78, 5) is 16.0. The Kier molecular flexibility index (Phi) is 7.26. The Hall–Kier alpha value is -2.56. The van der Waals surface area contributed by atoms with Crippen molar-refractivity contribution < 1.29 is 32.5 Å². The summed E-state index contributed by atoms with van der Waals surface area (Å²) in [7, 11) is 0. The van der Waals surface area contributed by atoms with E-state index in [1.54, 1.807) is 17.0 Å². The molecule has 4 unspecified atom stereocenters. The second kappa shape index (κ2) is 10.2. The van der Waals surface area contributed by atoms with Gasteiger partial charge in [0.15, 0.2) is 0 Å². The Labute approximate surface area is 227 Å². The van der Waals surface area contributed by atoms with Crippen molar-refractivity contribution in [3.63, 3.8) is 0 Å². The van der Waals surface area contributed by atoms with Crippen LogP contribution in [0.15, 0.2) is 40.9 Å². The number of aromatic amines is 1. The molecule has 2 aromatic carbocycles. The third-order valence-electron chi connectivity index (χ3n) is 7.72. The molecule has 38 heavy (non-hydrogen) atoms. The van der Waals surface area contributed by atoms with Gasteiger partial charge in [-0.05, 0) is 55.3 Å².